The van der Waals surface area contributed by atoms with E-state index in [-0.39, 0.29) is 0 Å². The molecule has 7 heteroatoms. The predicted octanol–water partition coefficient (Wildman–Crippen LogP) is 5.05. The highest BCUT2D eigenvalue weighted by Crippen LogP contribution is 2.42. The van der Waals surface area contributed by atoms with Gasteiger partial charge in [-0.1, -0.05) is 34.8 Å². The highest BCUT2D eigenvalue weighted by atomic mass is 79.9. The van der Waals surface area contributed by atoms with Crippen molar-refractivity contribution in [3.8, 4) is 0 Å². The molecule has 0 aliphatic carbocycles. The molecule has 0 aliphatic rings. The van der Waals surface area contributed by atoms with Gasteiger partial charge in [0.25, 0.3) is 0 Å². The number of benzene rings is 1. The monoisotopic (exact) mass is 376 g/mol. The molecule has 2 rings (SSSR count). The minimum absolute atomic E-state index is 0.298. The second-order valence-corrected chi connectivity index (χ2v) is 5.19. The van der Waals surface area contributed by atoms with Crippen LogP contribution in [0.4, 0.5) is 0 Å². The van der Waals surface area contributed by atoms with Crippen molar-refractivity contribution >= 4 is 77.7 Å². The van der Waals surface area contributed by atoms with Crippen molar-refractivity contribution in [1.82, 2.24) is 9.97 Å². The topological polar surface area (TPSA) is 28.7 Å². The summed E-state index contributed by atoms with van der Waals surface area (Å²) in [6.45, 7) is 0. The Kier molecular flexibility index (Phi) is 3.02. The number of fused-ring (bicyclic) bond motifs is 1. The molecule has 0 bridgehead atoms. The molecular weight excluding hydrogens is 378 g/mol. The highest BCUT2D eigenvalue weighted by Gasteiger charge is 2.17. The summed E-state index contributed by atoms with van der Waals surface area (Å²) in [6.07, 6.45) is 0. The molecule has 1 aromatic heterocycles. The molecule has 0 amide bonds. The zero-order chi connectivity index (χ0) is 10.5. The van der Waals surface area contributed by atoms with Crippen LogP contribution in [0.25, 0.3) is 11.0 Å². The van der Waals surface area contributed by atoms with Gasteiger partial charge < -0.3 is 4.98 Å². The lowest BCUT2D eigenvalue weighted by atomic mass is 10.3. The molecule has 74 valence electrons. The maximum atomic E-state index is 5.98. The first-order valence-electron chi connectivity index (χ1n) is 3.39. The Hall–Kier alpha value is 0.520. The molecule has 0 saturated heterocycles. The number of H-pyrrole nitrogens is 1. The third-order valence-corrected chi connectivity index (χ3v) is 4.39. The van der Waals surface area contributed by atoms with E-state index in [0.717, 1.165) is 5.52 Å². The lowest BCUT2D eigenvalue weighted by Crippen LogP contribution is -1.79. The number of hydrogen-bond acceptors (Lipinski definition) is 1. The molecule has 0 saturated carbocycles. The Labute approximate surface area is 111 Å². The average molecular weight is 379 g/mol. The van der Waals surface area contributed by atoms with E-state index >= 15 is 0 Å². The average Bonchev–Trinajstić information content (AvgIpc) is 2.54. The van der Waals surface area contributed by atoms with Gasteiger partial charge in [-0.25, -0.2) is 4.98 Å². The summed E-state index contributed by atoms with van der Waals surface area (Å²) in [6, 6.07) is 0. The third-order valence-electron chi connectivity index (χ3n) is 1.68. The molecule has 14 heavy (non-hydrogen) atoms. The van der Waals surface area contributed by atoms with Gasteiger partial charge in [0.15, 0.2) is 4.73 Å². The number of rotatable bonds is 0. The van der Waals surface area contributed by atoms with E-state index in [9.17, 15) is 0 Å². The van der Waals surface area contributed by atoms with Crippen LogP contribution in [0.2, 0.25) is 15.1 Å². The first-order chi connectivity index (χ1) is 6.52. The zero-order valence-electron chi connectivity index (χ0n) is 6.34. The van der Waals surface area contributed by atoms with E-state index in [1.165, 1.54) is 0 Å². The summed E-state index contributed by atoms with van der Waals surface area (Å²) in [7, 11) is 0. The highest BCUT2D eigenvalue weighted by molar-refractivity contribution is 9.11. The molecule has 0 unspecified atom stereocenters. The Morgan fingerprint density at radius 2 is 1.64 bits per heavy atom. The van der Waals surface area contributed by atoms with E-state index < -0.39 is 0 Å². The number of hydrogen-bond donors (Lipinski definition) is 1. The molecule has 0 fully saturated rings. The quantitative estimate of drug-likeness (QED) is 0.504. The Bertz CT molecular complexity index is 478. The van der Waals surface area contributed by atoms with E-state index in [4.69, 9.17) is 34.8 Å². The Morgan fingerprint density at radius 1 is 1.00 bits per heavy atom. The molecule has 0 atom stereocenters. The van der Waals surface area contributed by atoms with Gasteiger partial charge in [0.2, 0.25) is 0 Å². The molecule has 0 aliphatic heterocycles. The summed E-state index contributed by atoms with van der Waals surface area (Å²) in [5.41, 5.74) is 1.30. The minimum Gasteiger partial charge on any atom is -0.331 e. The van der Waals surface area contributed by atoms with Crippen LogP contribution in [-0.2, 0) is 0 Å². The standard InChI is InChI=1S/C7HBr2Cl3N2/c8-1-2(10)3(11)4(12)6-5(1)13-7(9)14-6/h(H,13,14). The van der Waals surface area contributed by atoms with Crippen molar-refractivity contribution < 1.29 is 0 Å². The van der Waals surface area contributed by atoms with Crippen LogP contribution < -0.4 is 0 Å². The number of imidazole rings is 1. The van der Waals surface area contributed by atoms with Gasteiger partial charge in [-0.05, 0) is 31.9 Å². The van der Waals surface area contributed by atoms with Gasteiger partial charge in [-0.15, -0.1) is 0 Å². The van der Waals surface area contributed by atoms with E-state index in [0.29, 0.717) is 29.8 Å². The fraction of sp³-hybridized carbons (Fsp3) is 0. The van der Waals surface area contributed by atoms with Crippen LogP contribution in [0.3, 0.4) is 0 Å². The third kappa shape index (κ3) is 1.57. The van der Waals surface area contributed by atoms with Gasteiger partial charge in [0.05, 0.1) is 25.1 Å². The second-order valence-electron chi connectivity index (χ2n) is 2.51. The van der Waals surface area contributed by atoms with Crippen LogP contribution in [0.15, 0.2) is 9.21 Å². The zero-order valence-corrected chi connectivity index (χ0v) is 11.8. The van der Waals surface area contributed by atoms with Crippen LogP contribution in [0.5, 0.6) is 0 Å². The maximum absolute atomic E-state index is 5.98. The van der Waals surface area contributed by atoms with Crippen molar-refractivity contribution in [1.29, 1.82) is 0 Å². The van der Waals surface area contributed by atoms with Gasteiger partial charge in [0, 0.05) is 0 Å². The van der Waals surface area contributed by atoms with Crippen molar-refractivity contribution in [2.75, 3.05) is 0 Å². The Balaban J connectivity index is 3.01. The summed E-state index contributed by atoms with van der Waals surface area (Å²) in [5, 5.41) is 1.02. The van der Waals surface area contributed by atoms with Crippen molar-refractivity contribution in [3.05, 3.63) is 24.3 Å². The number of aromatic nitrogens is 2. The first-order valence-corrected chi connectivity index (χ1v) is 6.11. The van der Waals surface area contributed by atoms with Crippen molar-refractivity contribution in [2.45, 2.75) is 0 Å². The second kappa shape index (κ2) is 3.83. The van der Waals surface area contributed by atoms with Crippen LogP contribution in [0.1, 0.15) is 0 Å². The summed E-state index contributed by atoms with van der Waals surface area (Å²) in [5.74, 6) is 0. The first kappa shape index (κ1) is 11.0. The summed E-state index contributed by atoms with van der Waals surface area (Å²) < 4.78 is 1.23. The molecular formula is C7HBr2Cl3N2. The predicted molar refractivity (Wildman–Crippen MR) is 66.5 cm³/mol. The maximum Gasteiger partial charge on any atom is 0.175 e. The molecule has 1 N–H and O–H groups in total. The normalized spacial score (nSPS) is 11.2. The van der Waals surface area contributed by atoms with Gasteiger partial charge in [-0.3, -0.25) is 0 Å². The molecule has 1 heterocycles. The summed E-state index contributed by atoms with van der Waals surface area (Å²) >= 11 is 24.4. The molecule has 2 aromatic rings. The van der Waals surface area contributed by atoms with Crippen molar-refractivity contribution in [3.63, 3.8) is 0 Å². The SMILES string of the molecule is Clc1c(Cl)c(Br)c2[nH]c(Br)nc2c1Cl. The lowest BCUT2D eigenvalue weighted by Gasteiger charge is -2.02. The van der Waals surface area contributed by atoms with Crippen molar-refractivity contribution in [2.24, 2.45) is 0 Å². The Morgan fingerprint density at radius 3 is 2.29 bits per heavy atom. The minimum atomic E-state index is 0.298. The van der Waals surface area contributed by atoms with E-state index in [1.54, 1.807) is 0 Å². The number of aromatic amines is 1. The van der Waals surface area contributed by atoms with Crippen LogP contribution in [-0.4, -0.2) is 9.97 Å². The van der Waals surface area contributed by atoms with Gasteiger partial charge in [0.1, 0.15) is 5.52 Å². The van der Waals surface area contributed by atoms with E-state index in [1.807, 2.05) is 0 Å². The number of nitrogens with zero attached hydrogens (tertiary/aromatic N) is 1. The molecule has 2 nitrogen and oxygen atoms in total. The fourth-order valence-corrected chi connectivity index (χ4v) is 2.70. The molecule has 0 radical (unpaired) electrons. The lowest BCUT2D eigenvalue weighted by molar-refractivity contribution is 1.27. The number of nitrogens with one attached hydrogen (secondary N) is 1. The van der Waals surface area contributed by atoms with Gasteiger partial charge >= 0.3 is 0 Å². The number of halogens is 5. The fourth-order valence-electron chi connectivity index (χ4n) is 1.07. The van der Waals surface area contributed by atoms with E-state index in [2.05, 4.69) is 41.8 Å². The van der Waals surface area contributed by atoms with Gasteiger partial charge in [-0.2, -0.15) is 0 Å². The molecule has 1 aromatic carbocycles. The largest absolute Gasteiger partial charge is 0.331 e. The van der Waals surface area contributed by atoms with Crippen LogP contribution >= 0.6 is 66.7 Å². The van der Waals surface area contributed by atoms with Crippen LogP contribution in [0, 0.1) is 0 Å². The summed E-state index contributed by atoms with van der Waals surface area (Å²) in [4.78, 5) is 7.10. The molecule has 0 spiro atoms. The smallest absolute Gasteiger partial charge is 0.175 e.